The fourth-order valence-electron chi connectivity index (χ4n) is 2.20. The molecule has 1 amide bonds. The average Bonchev–Trinajstić information content (AvgIpc) is 2.42. The summed E-state index contributed by atoms with van der Waals surface area (Å²) in [7, 11) is 0. The molecule has 104 valence electrons. The van der Waals surface area contributed by atoms with E-state index in [9.17, 15) is 4.79 Å². The van der Waals surface area contributed by atoms with E-state index < -0.39 is 0 Å². The van der Waals surface area contributed by atoms with Gasteiger partial charge in [-0.15, -0.1) is 0 Å². The second-order valence-corrected chi connectivity index (χ2v) is 5.68. The van der Waals surface area contributed by atoms with Crippen LogP contribution >= 0.6 is 15.9 Å². The maximum absolute atomic E-state index is 12.0. The smallest absolute Gasteiger partial charge is 0.253 e. The number of carbonyl (C=O) groups excluding carboxylic acids is 1. The first-order valence-electron chi connectivity index (χ1n) is 6.61. The van der Waals surface area contributed by atoms with E-state index in [4.69, 9.17) is 10.5 Å². The van der Waals surface area contributed by atoms with Crippen LogP contribution in [0.4, 0.5) is 5.69 Å². The number of nitrogen functional groups attached to an aromatic ring is 1. The van der Waals surface area contributed by atoms with Crippen LogP contribution in [0.2, 0.25) is 0 Å². The molecule has 0 aliphatic carbocycles. The van der Waals surface area contributed by atoms with Gasteiger partial charge in [-0.25, -0.2) is 0 Å². The number of nitrogens with one attached hydrogen (secondary N) is 1. The summed E-state index contributed by atoms with van der Waals surface area (Å²) >= 11 is 3.34. The molecule has 19 heavy (non-hydrogen) atoms. The molecule has 1 unspecified atom stereocenters. The van der Waals surface area contributed by atoms with Crippen molar-refractivity contribution in [3.63, 3.8) is 0 Å². The molecule has 0 bridgehead atoms. The van der Waals surface area contributed by atoms with Crippen molar-refractivity contribution in [3.05, 3.63) is 28.2 Å². The van der Waals surface area contributed by atoms with Crippen LogP contribution in [0.15, 0.2) is 22.7 Å². The third-order valence-electron chi connectivity index (χ3n) is 3.29. The number of amides is 1. The molecule has 0 spiro atoms. The van der Waals surface area contributed by atoms with Gasteiger partial charge in [-0.3, -0.25) is 4.79 Å². The minimum Gasteiger partial charge on any atom is -0.398 e. The van der Waals surface area contributed by atoms with E-state index in [1.165, 1.54) is 6.42 Å². The van der Waals surface area contributed by atoms with Gasteiger partial charge < -0.3 is 15.8 Å². The van der Waals surface area contributed by atoms with Crippen molar-refractivity contribution < 1.29 is 9.53 Å². The van der Waals surface area contributed by atoms with Gasteiger partial charge in [0.05, 0.1) is 11.7 Å². The average molecular weight is 327 g/mol. The van der Waals surface area contributed by atoms with Gasteiger partial charge in [-0.2, -0.15) is 0 Å². The van der Waals surface area contributed by atoms with Crippen molar-refractivity contribution >= 4 is 27.5 Å². The number of ether oxygens (including phenoxy) is 1. The van der Waals surface area contributed by atoms with Gasteiger partial charge in [0.2, 0.25) is 0 Å². The predicted molar refractivity (Wildman–Crippen MR) is 79.1 cm³/mol. The van der Waals surface area contributed by atoms with E-state index in [1.807, 2.05) is 6.07 Å². The van der Waals surface area contributed by atoms with Crippen LogP contribution in [0, 0.1) is 0 Å². The van der Waals surface area contributed by atoms with Crippen molar-refractivity contribution in [1.29, 1.82) is 0 Å². The zero-order chi connectivity index (χ0) is 13.7. The summed E-state index contributed by atoms with van der Waals surface area (Å²) in [5.74, 6) is -0.130. The highest BCUT2D eigenvalue weighted by Crippen LogP contribution is 2.18. The number of hydrogen-bond donors (Lipinski definition) is 2. The molecule has 5 heteroatoms. The van der Waals surface area contributed by atoms with Crippen LogP contribution in [-0.2, 0) is 4.74 Å². The standard InChI is InChI=1S/C14H19BrN2O2/c15-10-4-5-13(16)12(9-10)14(18)17-7-6-11-3-1-2-8-19-11/h4-5,9,11H,1-3,6-8,16H2,(H,17,18). The van der Waals surface area contributed by atoms with Gasteiger partial charge in [0.1, 0.15) is 0 Å². The fraction of sp³-hybridized carbons (Fsp3) is 0.500. The zero-order valence-electron chi connectivity index (χ0n) is 10.8. The lowest BCUT2D eigenvalue weighted by Gasteiger charge is -2.22. The van der Waals surface area contributed by atoms with Crippen LogP contribution in [0.5, 0.6) is 0 Å². The molecule has 0 aromatic heterocycles. The summed E-state index contributed by atoms with van der Waals surface area (Å²) in [4.78, 5) is 12.0. The second kappa shape index (κ2) is 6.91. The Labute approximate surface area is 121 Å². The lowest BCUT2D eigenvalue weighted by molar-refractivity contribution is 0.0117. The van der Waals surface area contributed by atoms with Crippen molar-refractivity contribution in [2.24, 2.45) is 0 Å². The molecule has 1 aliphatic rings. The minimum atomic E-state index is -0.130. The molecular weight excluding hydrogens is 308 g/mol. The van der Waals surface area contributed by atoms with Gasteiger partial charge in [0.15, 0.2) is 0 Å². The molecule has 1 saturated heterocycles. The van der Waals surface area contributed by atoms with E-state index in [0.29, 0.717) is 17.8 Å². The highest BCUT2D eigenvalue weighted by atomic mass is 79.9. The van der Waals surface area contributed by atoms with Crippen molar-refractivity contribution in [2.75, 3.05) is 18.9 Å². The fourth-order valence-corrected chi connectivity index (χ4v) is 2.56. The molecule has 1 aromatic carbocycles. The molecule has 2 rings (SSSR count). The number of rotatable bonds is 4. The number of anilines is 1. The van der Waals surface area contributed by atoms with E-state index in [0.717, 1.165) is 30.3 Å². The molecule has 1 heterocycles. The van der Waals surface area contributed by atoms with Crippen LogP contribution < -0.4 is 11.1 Å². The van der Waals surface area contributed by atoms with Crippen molar-refractivity contribution in [2.45, 2.75) is 31.8 Å². The summed E-state index contributed by atoms with van der Waals surface area (Å²) in [6.07, 6.45) is 4.61. The first-order chi connectivity index (χ1) is 9.16. The van der Waals surface area contributed by atoms with Gasteiger partial charge >= 0.3 is 0 Å². The van der Waals surface area contributed by atoms with E-state index >= 15 is 0 Å². The predicted octanol–water partition coefficient (Wildman–Crippen LogP) is 2.72. The van der Waals surface area contributed by atoms with Gasteiger partial charge in [0.25, 0.3) is 5.91 Å². The summed E-state index contributed by atoms with van der Waals surface area (Å²) in [6, 6.07) is 5.28. The normalized spacial score (nSPS) is 19.1. The lowest BCUT2D eigenvalue weighted by Crippen LogP contribution is -2.29. The molecule has 1 aliphatic heterocycles. The number of benzene rings is 1. The van der Waals surface area contributed by atoms with Crippen molar-refractivity contribution in [3.8, 4) is 0 Å². The Morgan fingerprint density at radius 2 is 2.32 bits per heavy atom. The Kier molecular flexibility index (Phi) is 5.22. The molecule has 1 atom stereocenters. The van der Waals surface area contributed by atoms with E-state index in [-0.39, 0.29) is 12.0 Å². The quantitative estimate of drug-likeness (QED) is 0.836. The molecular formula is C14H19BrN2O2. The first kappa shape index (κ1) is 14.3. The maximum Gasteiger partial charge on any atom is 0.253 e. The first-order valence-corrected chi connectivity index (χ1v) is 7.41. The molecule has 0 saturated carbocycles. The zero-order valence-corrected chi connectivity index (χ0v) is 12.4. The molecule has 0 radical (unpaired) electrons. The summed E-state index contributed by atoms with van der Waals surface area (Å²) in [5.41, 5.74) is 6.81. The topological polar surface area (TPSA) is 64.4 Å². The van der Waals surface area contributed by atoms with Gasteiger partial charge in [-0.1, -0.05) is 15.9 Å². The number of halogens is 1. The molecule has 1 fully saturated rings. The van der Waals surface area contributed by atoms with Gasteiger partial charge in [-0.05, 0) is 43.9 Å². The summed E-state index contributed by atoms with van der Waals surface area (Å²) in [5, 5.41) is 2.89. The number of carbonyl (C=O) groups is 1. The summed E-state index contributed by atoms with van der Waals surface area (Å²) in [6.45, 7) is 1.46. The Bertz CT molecular complexity index is 445. The van der Waals surface area contributed by atoms with E-state index in [2.05, 4.69) is 21.2 Å². The van der Waals surface area contributed by atoms with Crippen molar-refractivity contribution in [1.82, 2.24) is 5.32 Å². The minimum absolute atomic E-state index is 0.130. The van der Waals surface area contributed by atoms with E-state index in [1.54, 1.807) is 12.1 Å². The Morgan fingerprint density at radius 3 is 3.05 bits per heavy atom. The monoisotopic (exact) mass is 326 g/mol. The maximum atomic E-state index is 12.0. The van der Waals surface area contributed by atoms with Crippen LogP contribution in [0.3, 0.4) is 0 Å². The van der Waals surface area contributed by atoms with Crippen LogP contribution in [0.25, 0.3) is 0 Å². The molecule has 3 N–H and O–H groups in total. The third kappa shape index (κ3) is 4.21. The Hall–Kier alpha value is -1.07. The van der Waals surface area contributed by atoms with Gasteiger partial charge in [0, 0.05) is 23.3 Å². The Balaban J connectivity index is 1.82. The lowest BCUT2D eigenvalue weighted by atomic mass is 10.1. The highest BCUT2D eigenvalue weighted by molar-refractivity contribution is 9.10. The second-order valence-electron chi connectivity index (χ2n) is 4.76. The third-order valence-corrected chi connectivity index (χ3v) is 3.78. The highest BCUT2D eigenvalue weighted by Gasteiger charge is 2.15. The number of hydrogen-bond acceptors (Lipinski definition) is 3. The summed E-state index contributed by atoms with van der Waals surface area (Å²) < 4.78 is 6.47. The van der Waals surface area contributed by atoms with Crippen LogP contribution in [-0.4, -0.2) is 25.2 Å². The number of nitrogens with two attached hydrogens (primary N) is 1. The van der Waals surface area contributed by atoms with Crippen LogP contribution in [0.1, 0.15) is 36.0 Å². The Morgan fingerprint density at radius 1 is 1.47 bits per heavy atom. The molecule has 4 nitrogen and oxygen atoms in total. The molecule has 1 aromatic rings. The SMILES string of the molecule is Nc1ccc(Br)cc1C(=O)NCCC1CCCCO1. The largest absolute Gasteiger partial charge is 0.398 e.